The van der Waals surface area contributed by atoms with Gasteiger partial charge in [-0.05, 0) is 54.4 Å². The number of ether oxygens (including phenoxy) is 2. The van der Waals surface area contributed by atoms with Crippen molar-refractivity contribution < 1.29 is 45.4 Å². The zero-order valence-corrected chi connectivity index (χ0v) is 21.5. The maximum absolute atomic E-state index is 12.6. The molecule has 0 saturated carbocycles. The fraction of sp³-hybridized carbons (Fsp3) is 0.909. The first kappa shape index (κ1) is 32.1. The molecule has 2 rings (SSSR count). The van der Waals surface area contributed by atoms with E-state index in [4.69, 9.17) is 20.9 Å². The maximum atomic E-state index is 12.6. The third-order valence-corrected chi connectivity index (χ3v) is 5.46. The smallest absolute Gasteiger partial charge is 0.410 e. The Labute approximate surface area is 207 Å². The number of nitrogens with zero attached hydrogens (tertiary/aromatic N) is 2. The van der Waals surface area contributed by atoms with Crippen molar-refractivity contribution in [2.24, 2.45) is 23.3 Å². The Morgan fingerprint density at radius 2 is 0.944 bits per heavy atom. The van der Waals surface area contributed by atoms with E-state index >= 15 is 0 Å². The van der Waals surface area contributed by atoms with Crippen LogP contribution in [0.3, 0.4) is 0 Å². The predicted molar refractivity (Wildman–Crippen MR) is 120 cm³/mol. The Kier molecular flexibility index (Phi) is 10.3. The molecule has 0 spiro atoms. The lowest BCUT2D eigenvalue weighted by Gasteiger charge is -2.37. The zero-order valence-electron chi connectivity index (χ0n) is 21.5. The lowest BCUT2D eigenvalue weighted by Crippen LogP contribution is -2.55. The van der Waals surface area contributed by atoms with E-state index in [0.29, 0.717) is 0 Å². The lowest BCUT2D eigenvalue weighted by molar-refractivity contribution is -0.189. The summed E-state index contributed by atoms with van der Waals surface area (Å²) in [6, 6.07) is -2.18. The summed E-state index contributed by atoms with van der Waals surface area (Å²) in [6.45, 7) is 10.00. The highest BCUT2D eigenvalue weighted by molar-refractivity contribution is 5.68. The molecule has 0 aromatic carbocycles. The summed E-state index contributed by atoms with van der Waals surface area (Å²) in [5.41, 5.74) is 9.65. The molecular weight excluding hydrogens is 498 g/mol. The van der Waals surface area contributed by atoms with Crippen LogP contribution in [0, 0.1) is 11.8 Å². The second-order valence-electron chi connectivity index (χ2n) is 11.1. The van der Waals surface area contributed by atoms with E-state index in [1.54, 1.807) is 41.5 Å². The molecule has 2 aliphatic rings. The molecule has 0 unspecified atom stereocenters. The van der Waals surface area contributed by atoms with Gasteiger partial charge in [-0.25, -0.2) is 9.59 Å². The van der Waals surface area contributed by atoms with Crippen LogP contribution in [0.15, 0.2) is 0 Å². The normalized spacial score (nSPS) is 26.1. The van der Waals surface area contributed by atoms with Gasteiger partial charge in [-0.1, -0.05) is 0 Å². The Morgan fingerprint density at radius 3 is 1.14 bits per heavy atom. The van der Waals surface area contributed by atoms with Crippen molar-refractivity contribution in [1.29, 1.82) is 0 Å². The van der Waals surface area contributed by atoms with Gasteiger partial charge in [0.25, 0.3) is 0 Å². The summed E-state index contributed by atoms with van der Waals surface area (Å²) >= 11 is 0. The van der Waals surface area contributed by atoms with Crippen molar-refractivity contribution in [2.45, 2.75) is 90.0 Å². The summed E-state index contributed by atoms with van der Waals surface area (Å²) < 4.78 is 85.7. The standard InChI is InChI=1S/2C11H19F3N2O2/c2*1-10(2,3)18-9(17)16-5-4-7(8(15)6-16)11(12,13)14/h2*7-8H,4-6,15H2,1-3H3/t2*7-,8-/m10/s1. The minimum Gasteiger partial charge on any atom is -0.444 e. The zero-order chi connectivity index (χ0) is 28.3. The molecule has 212 valence electrons. The molecule has 2 fully saturated rings. The molecule has 4 atom stereocenters. The van der Waals surface area contributed by atoms with E-state index < -0.39 is 59.7 Å². The van der Waals surface area contributed by atoms with Crippen molar-refractivity contribution in [3.05, 3.63) is 0 Å². The van der Waals surface area contributed by atoms with Gasteiger partial charge >= 0.3 is 24.5 Å². The number of halogens is 6. The van der Waals surface area contributed by atoms with Gasteiger partial charge in [0.2, 0.25) is 0 Å². The maximum Gasteiger partial charge on any atom is 0.410 e. The molecule has 36 heavy (non-hydrogen) atoms. The Balaban J connectivity index is 0.000000360. The third kappa shape index (κ3) is 10.6. The van der Waals surface area contributed by atoms with Crippen LogP contribution in [0.1, 0.15) is 54.4 Å². The number of piperidine rings is 2. The van der Waals surface area contributed by atoms with Crippen LogP contribution in [0.4, 0.5) is 35.9 Å². The first-order valence-corrected chi connectivity index (χ1v) is 11.6. The number of carbonyl (C=O) groups excluding carboxylic acids is 2. The molecule has 2 amide bonds. The van der Waals surface area contributed by atoms with Gasteiger partial charge in [0.1, 0.15) is 11.2 Å². The second-order valence-corrected chi connectivity index (χ2v) is 11.1. The highest BCUT2D eigenvalue weighted by atomic mass is 19.4. The molecule has 2 saturated heterocycles. The van der Waals surface area contributed by atoms with E-state index in [-0.39, 0.29) is 39.0 Å². The number of rotatable bonds is 0. The van der Waals surface area contributed by atoms with Crippen LogP contribution in [0.25, 0.3) is 0 Å². The SMILES string of the molecule is CC(C)(C)OC(=O)N1CC[C@@H](C(F)(F)F)[C@H](N)C1.CC(C)(C)OC(=O)N1CC[C@H](C(F)(F)F)[C@@H](N)C1. The molecule has 8 nitrogen and oxygen atoms in total. The van der Waals surface area contributed by atoms with Gasteiger partial charge in [0.05, 0.1) is 11.8 Å². The number of likely N-dealkylation sites (tertiary alicyclic amines) is 2. The van der Waals surface area contributed by atoms with E-state index in [0.717, 1.165) is 0 Å². The van der Waals surface area contributed by atoms with Crippen LogP contribution < -0.4 is 11.5 Å². The van der Waals surface area contributed by atoms with Crippen LogP contribution in [0.2, 0.25) is 0 Å². The number of hydrogen-bond donors (Lipinski definition) is 2. The fourth-order valence-corrected chi connectivity index (χ4v) is 3.76. The van der Waals surface area contributed by atoms with E-state index in [1.807, 2.05) is 0 Å². The van der Waals surface area contributed by atoms with Gasteiger partial charge in [-0.2, -0.15) is 26.3 Å². The quantitative estimate of drug-likeness (QED) is 0.448. The second kappa shape index (κ2) is 11.6. The number of carbonyl (C=O) groups is 2. The monoisotopic (exact) mass is 536 g/mol. The average Bonchev–Trinajstić information content (AvgIpc) is 2.63. The van der Waals surface area contributed by atoms with Gasteiger partial charge < -0.3 is 30.7 Å². The minimum absolute atomic E-state index is 0.0206. The molecular formula is C22H38F6N4O4. The summed E-state index contributed by atoms with van der Waals surface area (Å²) in [4.78, 5) is 25.8. The van der Waals surface area contributed by atoms with Crippen molar-refractivity contribution in [3.63, 3.8) is 0 Å². The van der Waals surface area contributed by atoms with Gasteiger partial charge in [-0.15, -0.1) is 0 Å². The van der Waals surface area contributed by atoms with Crippen molar-refractivity contribution in [2.75, 3.05) is 26.2 Å². The van der Waals surface area contributed by atoms with Crippen LogP contribution in [-0.2, 0) is 9.47 Å². The fourth-order valence-electron chi connectivity index (χ4n) is 3.76. The average molecular weight is 537 g/mol. The van der Waals surface area contributed by atoms with Crippen molar-refractivity contribution in [1.82, 2.24) is 9.80 Å². The van der Waals surface area contributed by atoms with Crippen LogP contribution >= 0.6 is 0 Å². The number of hydrogen-bond acceptors (Lipinski definition) is 6. The van der Waals surface area contributed by atoms with Crippen LogP contribution in [0.5, 0.6) is 0 Å². The first-order valence-electron chi connectivity index (χ1n) is 11.6. The number of nitrogens with two attached hydrogens (primary N) is 2. The van der Waals surface area contributed by atoms with Crippen LogP contribution in [-0.4, -0.2) is 83.8 Å². The molecule has 0 aromatic heterocycles. The molecule has 2 heterocycles. The summed E-state index contributed by atoms with van der Waals surface area (Å²) in [7, 11) is 0. The molecule has 0 radical (unpaired) electrons. The van der Waals surface area contributed by atoms with Gasteiger partial charge in [0.15, 0.2) is 0 Å². The highest BCUT2D eigenvalue weighted by Gasteiger charge is 2.47. The highest BCUT2D eigenvalue weighted by Crippen LogP contribution is 2.35. The molecule has 2 aliphatic heterocycles. The Morgan fingerprint density at radius 1 is 0.667 bits per heavy atom. The molecule has 14 heteroatoms. The van der Waals surface area contributed by atoms with Crippen molar-refractivity contribution in [3.8, 4) is 0 Å². The molecule has 0 aromatic rings. The Hall–Kier alpha value is -1.96. The van der Waals surface area contributed by atoms with E-state index in [2.05, 4.69) is 0 Å². The predicted octanol–water partition coefficient (Wildman–Crippen LogP) is 4.27. The minimum atomic E-state index is -4.31. The van der Waals surface area contributed by atoms with Gasteiger partial charge in [-0.3, -0.25) is 0 Å². The summed E-state index contributed by atoms with van der Waals surface area (Å²) in [5.74, 6) is -3.09. The van der Waals surface area contributed by atoms with E-state index in [9.17, 15) is 35.9 Å². The molecule has 0 aliphatic carbocycles. The largest absolute Gasteiger partial charge is 0.444 e. The summed E-state index contributed by atoms with van der Waals surface area (Å²) in [5, 5.41) is 0. The molecule has 0 bridgehead atoms. The number of alkyl halides is 6. The lowest BCUT2D eigenvalue weighted by atomic mass is 9.92. The topological polar surface area (TPSA) is 111 Å². The van der Waals surface area contributed by atoms with Gasteiger partial charge in [0, 0.05) is 38.3 Å². The molecule has 4 N–H and O–H groups in total. The Bertz CT molecular complexity index is 687. The first-order chi connectivity index (χ1) is 16.0. The number of amides is 2. The van der Waals surface area contributed by atoms with E-state index in [1.165, 1.54) is 9.80 Å². The summed E-state index contributed by atoms with van der Waals surface area (Å²) in [6.07, 6.45) is -10.2. The van der Waals surface area contributed by atoms with Crippen molar-refractivity contribution >= 4 is 12.2 Å². The third-order valence-electron chi connectivity index (χ3n) is 5.46.